The van der Waals surface area contributed by atoms with Crippen LogP contribution in [0.5, 0.6) is 0 Å². The van der Waals surface area contributed by atoms with Crippen LogP contribution in [-0.4, -0.2) is 87.6 Å². The molecule has 0 radical (unpaired) electrons. The van der Waals surface area contributed by atoms with E-state index in [0.717, 1.165) is 37.5 Å². The first-order valence-electron chi connectivity index (χ1n) is 9.95. The summed E-state index contributed by atoms with van der Waals surface area (Å²) < 4.78 is 40.9. The Hall–Kier alpha value is -1.78. The molecule has 0 atom stereocenters. The van der Waals surface area contributed by atoms with Gasteiger partial charge in [-0.1, -0.05) is 24.3 Å². The average Bonchev–Trinajstić information content (AvgIpc) is 2.67. The van der Waals surface area contributed by atoms with Gasteiger partial charge in [-0.3, -0.25) is 0 Å². The van der Waals surface area contributed by atoms with Gasteiger partial charge in [-0.2, -0.15) is 13.2 Å². The van der Waals surface area contributed by atoms with Crippen LogP contribution in [0.3, 0.4) is 0 Å². The standard InChI is InChI=1S/C19H29F3N4O2Si/c1-29(2,14-24-5-3-23-4-6-24)17-12-15(19(20,21)22)11-16(13-17)25-7-9-26(10-8-25)18(27)28/h11-13,23H,3-10,14H2,1-2H3,(H,27,28). The highest BCUT2D eigenvalue weighted by Crippen LogP contribution is 2.32. The van der Waals surface area contributed by atoms with E-state index in [9.17, 15) is 18.0 Å². The van der Waals surface area contributed by atoms with Gasteiger partial charge in [-0.25, -0.2) is 4.79 Å². The molecule has 2 heterocycles. The van der Waals surface area contributed by atoms with Gasteiger partial charge in [0.25, 0.3) is 0 Å². The molecule has 162 valence electrons. The van der Waals surface area contributed by atoms with E-state index in [1.54, 1.807) is 0 Å². The van der Waals surface area contributed by atoms with Gasteiger partial charge in [-0.05, 0) is 18.3 Å². The number of carboxylic acid groups (broad SMARTS) is 1. The number of nitrogens with zero attached hydrogens (tertiary/aromatic N) is 3. The molecular weight excluding hydrogens is 401 g/mol. The van der Waals surface area contributed by atoms with Crippen LogP contribution in [0.25, 0.3) is 0 Å². The molecule has 0 aromatic heterocycles. The van der Waals surface area contributed by atoms with Crippen LogP contribution >= 0.6 is 0 Å². The van der Waals surface area contributed by atoms with Gasteiger partial charge >= 0.3 is 12.3 Å². The second-order valence-electron chi connectivity index (χ2n) is 8.43. The number of halogens is 3. The molecule has 2 aliphatic rings. The Balaban J connectivity index is 1.86. The van der Waals surface area contributed by atoms with Crippen LogP contribution in [0.1, 0.15) is 5.56 Å². The smallest absolute Gasteiger partial charge is 0.416 e. The maximum atomic E-state index is 13.6. The normalized spacial score (nSPS) is 19.5. The molecule has 1 aromatic carbocycles. The Morgan fingerprint density at radius 1 is 1.07 bits per heavy atom. The molecule has 10 heteroatoms. The third-order valence-corrected chi connectivity index (χ3v) is 8.86. The van der Waals surface area contributed by atoms with Crippen molar-refractivity contribution in [2.45, 2.75) is 19.3 Å². The number of rotatable bonds is 4. The number of alkyl halides is 3. The number of piperazine rings is 2. The molecule has 0 unspecified atom stereocenters. The minimum atomic E-state index is -4.41. The molecule has 1 amide bonds. The summed E-state index contributed by atoms with van der Waals surface area (Å²) in [6.07, 6.45) is -4.57. The molecule has 0 saturated carbocycles. The zero-order chi connectivity index (χ0) is 21.2. The van der Waals surface area contributed by atoms with Crippen molar-refractivity contribution in [2.24, 2.45) is 0 Å². The SMILES string of the molecule is C[Si](C)(CN1CCNCC1)c1cc(N2CCN(C(=O)O)CC2)cc(C(F)(F)F)c1. The van der Waals surface area contributed by atoms with Gasteiger partial charge in [0.2, 0.25) is 0 Å². The molecule has 2 fully saturated rings. The summed E-state index contributed by atoms with van der Waals surface area (Å²) in [6.45, 7) is 9.27. The van der Waals surface area contributed by atoms with E-state index in [4.69, 9.17) is 5.11 Å². The molecule has 29 heavy (non-hydrogen) atoms. The van der Waals surface area contributed by atoms with E-state index >= 15 is 0 Å². The van der Waals surface area contributed by atoms with Crippen molar-refractivity contribution in [1.29, 1.82) is 0 Å². The van der Waals surface area contributed by atoms with Crippen LogP contribution in [0, 0.1) is 0 Å². The van der Waals surface area contributed by atoms with Crippen molar-refractivity contribution in [1.82, 2.24) is 15.1 Å². The lowest BCUT2D eigenvalue weighted by molar-refractivity contribution is -0.137. The molecule has 2 N–H and O–H groups in total. The maximum absolute atomic E-state index is 13.6. The van der Waals surface area contributed by atoms with Gasteiger partial charge in [0.15, 0.2) is 0 Å². The molecule has 0 spiro atoms. The third-order valence-electron chi connectivity index (χ3n) is 5.77. The molecule has 2 saturated heterocycles. The highest BCUT2D eigenvalue weighted by Gasteiger charge is 2.35. The van der Waals surface area contributed by atoms with Gasteiger partial charge in [-0.15, -0.1) is 0 Å². The number of hydrogen-bond donors (Lipinski definition) is 2. The van der Waals surface area contributed by atoms with Crippen molar-refractivity contribution in [3.63, 3.8) is 0 Å². The van der Waals surface area contributed by atoms with Crippen LogP contribution in [0.4, 0.5) is 23.7 Å². The molecule has 0 bridgehead atoms. The van der Waals surface area contributed by atoms with Gasteiger partial charge in [0.1, 0.15) is 0 Å². The number of amides is 1. The Morgan fingerprint density at radius 3 is 2.24 bits per heavy atom. The van der Waals surface area contributed by atoms with Crippen molar-refractivity contribution in [3.8, 4) is 0 Å². The summed E-state index contributed by atoms with van der Waals surface area (Å²) in [7, 11) is -2.14. The quantitative estimate of drug-likeness (QED) is 0.715. The molecule has 3 rings (SSSR count). The summed E-state index contributed by atoms with van der Waals surface area (Å²) in [5.74, 6) is 0. The van der Waals surface area contributed by atoms with Crippen LogP contribution in [-0.2, 0) is 6.18 Å². The van der Waals surface area contributed by atoms with Crippen molar-refractivity contribution in [3.05, 3.63) is 23.8 Å². The number of anilines is 1. The summed E-state index contributed by atoms with van der Waals surface area (Å²) in [5.41, 5.74) is -0.0766. The van der Waals surface area contributed by atoms with Crippen molar-refractivity contribution < 1.29 is 23.1 Å². The van der Waals surface area contributed by atoms with Gasteiger partial charge < -0.3 is 25.1 Å². The van der Waals surface area contributed by atoms with Crippen molar-refractivity contribution >= 4 is 25.0 Å². The van der Waals surface area contributed by atoms with Crippen LogP contribution < -0.4 is 15.4 Å². The first kappa shape index (κ1) is 21.9. The second-order valence-corrected chi connectivity index (χ2v) is 13.1. The Kier molecular flexibility index (Phi) is 6.44. The fourth-order valence-electron chi connectivity index (χ4n) is 4.02. The van der Waals surface area contributed by atoms with Crippen LogP contribution in [0.15, 0.2) is 18.2 Å². The fraction of sp³-hybridized carbons (Fsp3) is 0.632. The molecule has 1 aromatic rings. The largest absolute Gasteiger partial charge is 0.465 e. The zero-order valence-corrected chi connectivity index (χ0v) is 17.9. The molecule has 6 nitrogen and oxygen atoms in total. The van der Waals surface area contributed by atoms with Crippen molar-refractivity contribution in [2.75, 3.05) is 63.4 Å². The fourth-order valence-corrected chi connectivity index (χ4v) is 6.73. The summed E-state index contributed by atoms with van der Waals surface area (Å²) in [6, 6.07) is 4.43. The second kappa shape index (κ2) is 8.53. The topological polar surface area (TPSA) is 59.0 Å². The van der Waals surface area contributed by atoms with E-state index in [-0.39, 0.29) is 0 Å². The van der Waals surface area contributed by atoms with Crippen LogP contribution in [0.2, 0.25) is 13.1 Å². The molecule has 2 aliphatic heterocycles. The predicted molar refractivity (Wildman–Crippen MR) is 110 cm³/mol. The number of hydrogen-bond acceptors (Lipinski definition) is 4. The zero-order valence-electron chi connectivity index (χ0n) is 16.9. The van der Waals surface area contributed by atoms with E-state index < -0.39 is 25.9 Å². The summed E-state index contributed by atoms with van der Waals surface area (Å²) in [4.78, 5) is 16.6. The summed E-state index contributed by atoms with van der Waals surface area (Å²) >= 11 is 0. The van der Waals surface area contributed by atoms with E-state index in [1.165, 1.54) is 17.0 Å². The first-order valence-corrected chi connectivity index (χ1v) is 13.2. The van der Waals surface area contributed by atoms with E-state index in [0.29, 0.717) is 31.9 Å². The molecular formula is C19H29F3N4O2Si. The Labute approximate surface area is 170 Å². The minimum absolute atomic E-state index is 0.294. The Bertz CT molecular complexity index is 731. The maximum Gasteiger partial charge on any atom is 0.416 e. The first-order chi connectivity index (χ1) is 13.6. The average molecular weight is 431 g/mol. The lowest BCUT2D eigenvalue weighted by Gasteiger charge is -2.37. The van der Waals surface area contributed by atoms with Gasteiger partial charge in [0.05, 0.1) is 13.6 Å². The Morgan fingerprint density at radius 2 is 1.69 bits per heavy atom. The third kappa shape index (κ3) is 5.43. The van der Waals surface area contributed by atoms with E-state index in [1.807, 2.05) is 11.0 Å². The number of nitrogens with one attached hydrogen (secondary N) is 1. The van der Waals surface area contributed by atoms with Gasteiger partial charge in [0, 0.05) is 58.0 Å². The van der Waals surface area contributed by atoms with E-state index in [2.05, 4.69) is 23.3 Å². The predicted octanol–water partition coefficient (Wildman–Crippen LogP) is 1.87. The number of benzene rings is 1. The highest BCUT2D eigenvalue weighted by molar-refractivity contribution is 6.90. The number of carbonyl (C=O) groups is 1. The highest BCUT2D eigenvalue weighted by atomic mass is 28.3. The monoisotopic (exact) mass is 430 g/mol. The summed E-state index contributed by atoms with van der Waals surface area (Å²) in [5, 5.41) is 13.2. The minimum Gasteiger partial charge on any atom is -0.465 e. The lowest BCUT2D eigenvalue weighted by Crippen LogP contribution is -2.56. The molecule has 0 aliphatic carbocycles. The lowest BCUT2D eigenvalue weighted by atomic mass is 10.1.